The van der Waals surface area contributed by atoms with Gasteiger partial charge in [-0.2, -0.15) is 10.4 Å². The van der Waals surface area contributed by atoms with E-state index in [1.165, 1.54) is 18.2 Å². The number of ether oxygens (including phenoxy) is 1. The van der Waals surface area contributed by atoms with Crippen molar-refractivity contribution in [2.75, 3.05) is 12.0 Å². The smallest absolute Gasteiger partial charge is 0.414 e. The Morgan fingerprint density at radius 3 is 2.73 bits per heavy atom. The Bertz CT molecular complexity index is 963. The Hall–Kier alpha value is -3.30. The lowest BCUT2D eigenvalue weighted by molar-refractivity contribution is 0.178. The minimum atomic E-state index is -0.568. The topological polar surface area (TPSA) is 71.2 Å². The van der Waals surface area contributed by atoms with Crippen molar-refractivity contribution in [3.8, 4) is 11.8 Å². The predicted molar refractivity (Wildman–Crippen MR) is 98.3 cm³/mol. The summed E-state index contributed by atoms with van der Waals surface area (Å²) in [5, 5.41) is 13.6. The molecule has 0 N–H and O–H groups in total. The standard InChI is InChI=1S/C19H15ClN4O2/c1-26-19(25)23(13-15-7-5-6-14(10-15)11-21)17-12-22-24(18(17)20)16-8-3-2-4-9-16/h2-10,12H,13H2,1H3. The number of methoxy groups -OCH3 is 1. The van der Waals surface area contributed by atoms with Gasteiger partial charge in [0, 0.05) is 0 Å². The van der Waals surface area contributed by atoms with Crippen LogP contribution in [0.25, 0.3) is 5.69 Å². The average molecular weight is 367 g/mol. The molecular formula is C19H15ClN4O2. The Balaban J connectivity index is 1.98. The SMILES string of the molecule is COC(=O)N(Cc1cccc(C#N)c1)c1cnn(-c2ccccc2)c1Cl. The first-order valence-electron chi connectivity index (χ1n) is 7.77. The summed E-state index contributed by atoms with van der Waals surface area (Å²) in [6.07, 6.45) is 0.947. The molecule has 2 aromatic carbocycles. The Morgan fingerprint density at radius 1 is 1.27 bits per heavy atom. The molecule has 0 bridgehead atoms. The van der Waals surface area contributed by atoms with E-state index >= 15 is 0 Å². The van der Waals surface area contributed by atoms with E-state index in [4.69, 9.17) is 21.6 Å². The summed E-state index contributed by atoms with van der Waals surface area (Å²) in [5.74, 6) is 0. The summed E-state index contributed by atoms with van der Waals surface area (Å²) in [4.78, 5) is 13.7. The molecule has 0 aliphatic heterocycles. The number of halogens is 1. The van der Waals surface area contributed by atoms with Crippen molar-refractivity contribution in [1.29, 1.82) is 5.26 Å². The number of carbonyl (C=O) groups is 1. The molecule has 0 atom stereocenters. The molecule has 0 fully saturated rings. The van der Waals surface area contributed by atoms with Crippen LogP contribution in [0.15, 0.2) is 60.8 Å². The van der Waals surface area contributed by atoms with Crippen LogP contribution in [-0.2, 0) is 11.3 Å². The molecule has 0 unspecified atom stereocenters. The number of benzene rings is 2. The van der Waals surface area contributed by atoms with Gasteiger partial charge in [0.25, 0.3) is 0 Å². The van der Waals surface area contributed by atoms with Crippen LogP contribution in [0.3, 0.4) is 0 Å². The second kappa shape index (κ2) is 7.72. The van der Waals surface area contributed by atoms with Crippen molar-refractivity contribution in [1.82, 2.24) is 9.78 Å². The molecule has 0 radical (unpaired) electrons. The molecule has 1 amide bonds. The van der Waals surface area contributed by atoms with Gasteiger partial charge in [-0.15, -0.1) is 0 Å². The molecule has 26 heavy (non-hydrogen) atoms. The predicted octanol–water partition coefficient (Wildman–Crippen LogP) is 4.17. The van der Waals surface area contributed by atoms with Gasteiger partial charge in [0.2, 0.25) is 0 Å². The third-order valence-electron chi connectivity index (χ3n) is 3.78. The van der Waals surface area contributed by atoms with Crippen LogP contribution in [-0.4, -0.2) is 23.0 Å². The van der Waals surface area contributed by atoms with Crippen LogP contribution in [0.5, 0.6) is 0 Å². The zero-order valence-electron chi connectivity index (χ0n) is 14.0. The van der Waals surface area contributed by atoms with Gasteiger partial charge in [-0.25, -0.2) is 9.48 Å². The Kier molecular flexibility index (Phi) is 5.20. The summed E-state index contributed by atoms with van der Waals surface area (Å²) >= 11 is 6.48. The van der Waals surface area contributed by atoms with Gasteiger partial charge in [-0.3, -0.25) is 4.90 Å². The van der Waals surface area contributed by atoms with Crippen LogP contribution in [0, 0.1) is 11.3 Å². The number of hydrogen-bond acceptors (Lipinski definition) is 4. The van der Waals surface area contributed by atoms with E-state index in [0.29, 0.717) is 11.3 Å². The molecule has 3 rings (SSSR count). The van der Waals surface area contributed by atoms with Crippen LogP contribution < -0.4 is 4.90 Å². The zero-order valence-corrected chi connectivity index (χ0v) is 14.7. The number of rotatable bonds is 4. The monoisotopic (exact) mass is 366 g/mol. The number of hydrogen-bond donors (Lipinski definition) is 0. The van der Waals surface area contributed by atoms with E-state index in [1.54, 1.807) is 22.9 Å². The minimum absolute atomic E-state index is 0.197. The number of amides is 1. The van der Waals surface area contributed by atoms with E-state index < -0.39 is 6.09 Å². The highest BCUT2D eigenvalue weighted by Crippen LogP contribution is 2.29. The van der Waals surface area contributed by atoms with Crippen molar-refractivity contribution < 1.29 is 9.53 Å². The third kappa shape index (κ3) is 3.53. The Morgan fingerprint density at radius 2 is 2.04 bits per heavy atom. The van der Waals surface area contributed by atoms with E-state index in [-0.39, 0.29) is 11.7 Å². The lowest BCUT2D eigenvalue weighted by Gasteiger charge is -2.20. The summed E-state index contributed by atoms with van der Waals surface area (Å²) in [5.41, 5.74) is 2.49. The fourth-order valence-electron chi connectivity index (χ4n) is 2.54. The van der Waals surface area contributed by atoms with Crippen molar-refractivity contribution in [2.24, 2.45) is 0 Å². The summed E-state index contributed by atoms with van der Waals surface area (Å²) in [6, 6.07) is 18.5. The quantitative estimate of drug-likeness (QED) is 0.694. The fourth-order valence-corrected chi connectivity index (χ4v) is 2.83. The zero-order chi connectivity index (χ0) is 18.5. The van der Waals surface area contributed by atoms with E-state index in [0.717, 1.165) is 11.3 Å². The van der Waals surface area contributed by atoms with Gasteiger partial charge in [0.05, 0.1) is 37.2 Å². The van der Waals surface area contributed by atoms with E-state index in [2.05, 4.69) is 11.2 Å². The van der Waals surface area contributed by atoms with Gasteiger partial charge in [0.15, 0.2) is 5.15 Å². The first-order chi connectivity index (χ1) is 12.6. The van der Waals surface area contributed by atoms with Crippen LogP contribution in [0.4, 0.5) is 10.5 Å². The maximum Gasteiger partial charge on any atom is 0.414 e. The van der Waals surface area contributed by atoms with Crippen molar-refractivity contribution in [3.05, 3.63) is 77.1 Å². The molecule has 0 aliphatic carbocycles. The third-order valence-corrected chi connectivity index (χ3v) is 4.13. The lowest BCUT2D eigenvalue weighted by Crippen LogP contribution is -2.30. The minimum Gasteiger partial charge on any atom is -0.452 e. The number of nitriles is 1. The lowest BCUT2D eigenvalue weighted by atomic mass is 10.1. The highest BCUT2D eigenvalue weighted by molar-refractivity contribution is 6.33. The molecule has 3 aromatic rings. The largest absolute Gasteiger partial charge is 0.452 e. The maximum absolute atomic E-state index is 12.3. The summed E-state index contributed by atoms with van der Waals surface area (Å²) in [7, 11) is 1.30. The van der Waals surface area contributed by atoms with Crippen LogP contribution >= 0.6 is 11.6 Å². The van der Waals surface area contributed by atoms with Gasteiger partial charge in [0.1, 0.15) is 5.69 Å². The van der Waals surface area contributed by atoms with Crippen molar-refractivity contribution >= 4 is 23.4 Å². The van der Waals surface area contributed by atoms with Crippen LogP contribution in [0.2, 0.25) is 5.15 Å². The van der Waals surface area contributed by atoms with Crippen molar-refractivity contribution in [3.63, 3.8) is 0 Å². The number of aromatic nitrogens is 2. The molecule has 0 aliphatic rings. The molecular weight excluding hydrogens is 352 g/mol. The molecule has 7 heteroatoms. The van der Waals surface area contributed by atoms with E-state index in [9.17, 15) is 4.79 Å². The number of anilines is 1. The molecule has 1 aromatic heterocycles. The van der Waals surface area contributed by atoms with Gasteiger partial charge < -0.3 is 4.74 Å². The van der Waals surface area contributed by atoms with E-state index in [1.807, 2.05) is 36.4 Å². The first kappa shape index (κ1) is 17.5. The normalized spacial score (nSPS) is 10.2. The number of carbonyl (C=O) groups excluding carboxylic acids is 1. The molecule has 0 saturated heterocycles. The second-order valence-corrected chi connectivity index (χ2v) is 5.79. The van der Waals surface area contributed by atoms with Gasteiger partial charge in [-0.1, -0.05) is 41.9 Å². The molecule has 0 saturated carbocycles. The molecule has 6 nitrogen and oxygen atoms in total. The first-order valence-corrected chi connectivity index (χ1v) is 8.15. The number of nitrogens with zero attached hydrogens (tertiary/aromatic N) is 4. The van der Waals surface area contributed by atoms with Gasteiger partial charge >= 0.3 is 6.09 Å². The summed E-state index contributed by atoms with van der Waals surface area (Å²) in [6.45, 7) is 0.197. The second-order valence-electron chi connectivity index (χ2n) is 5.44. The molecule has 0 spiro atoms. The fraction of sp³-hybridized carbons (Fsp3) is 0.105. The van der Waals surface area contributed by atoms with Gasteiger partial charge in [-0.05, 0) is 29.8 Å². The number of para-hydroxylation sites is 1. The highest BCUT2D eigenvalue weighted by atomic mass is 35.5. The molecule has 1 heterocycles. The van der Waals surface area contributed by atoms with Crippen LogP contribution in [0.1, 0.15) is 11.1 Å². The summed E-state index contributed by atoms with van der Waals surface area (Å²) < 4.78 is 6.43. The Labute approximate surface area is 155 Å². The maximum atomic E-state index is 12.3. The molecule has 130 valence electrons. The average Bonchev–Trinajstić information content (AvgIpc) is 3.07. The highest BCUT2D eigenvalue weighted by Gasteiger charge is 2.23. The van der Waals surface area contributed by atoms with Crippen molar-refractivity contribution in [2.45, 2.75) is 6.54 Å².